The summed E-state index contributed by atoms with van der Waals surface area (Å²) in [6.45, 7) is 1.77. The summed E-state index contributed by atoms with van der Waals surface area (Å²) in [5.74, 6) is -1.59. The van der Waals surface area contributed by atoms with Crippen LogP contribution in [0.25, 0.3) is 0 Å². The molecule has 5 heteroatoms. The van der Waals surface area contributed by atoms with Crippen molar-refractivity contribution in [2.75, 3.05) is 0 Å². The van der Waals surface area contributed by atoms with Crippen molar-refractivity contribution in [3.8, 4) is 0 Å². The van der Waals surface area contributed by atoms with Crippen LogP contribution in [0.5, 0.6) is 0 Å². The number of aliphatic hydroxyl groups excluding tert-OH is 2. The minimum atomic E-state index is -1.07. The molecule has 0 aromatic carbocycles. The Morgan fingerprint density at radius 2 is 1.70 bits per heavy atom. The van der Waals surface area contributed by atoms with Gasteiger partial charge in [-0.05, 0) is 6.42 Å². The van der Waals surface area contributed by atoms with Gasteiger partial charge in [0.15, 0.2) is 0 Å². The molecule has 0 saturated heterocycles. The van der Waals surface area contributed by atoms with E-state index >= 15 is 0 Å². The number of hydrogen-bond donors (Lipinski definition) is 3. The maximum atomic E-state index is 8.94. The standard InChI is InChI=1S/C5H8Br2O3/c1-2-5(6,7)3(8)4(9)10/h8-10H,2H2,1H3. The van der Waals surface area contributed by atoms with Crippen molar-refractivity contribution in [3.05, 3.63) is 11.7 Å². The SMILES string of the molecule is CCC(Br)(Br)C(O)=C(O)O. The Kier molecular flexibility index (Phi) is 3.51. The quantitative estimate of drug-likeness (QED) is 0.536. The third kappa shape index (κ3) is 2.38. The Morgan fingerprint density at radius 3 is 1.80 bits per heavy atom. The van der Waals surface area contributed by atoms with Crippen molar-refractivity contribution in [1.29, 1.82) is 0 Å². The molecular weight excluding hydrogens is 268 g/mol. The second-order valence-corrected chi connectivity index (χ2v) is 5.50. The van der Waals surface area contributed by atoms with E-state index < -0.39 is 14.9 Å². The fraction of sp³-hybridized carbons (Fsp3) is 0.600. The van der Waals surface area contributed by atoms with Gasteiger partial charge in [-0.2, -0.15) is 0 Å². The lowest BCUT2D eigenvalue weighted by atomic mass is 10.3. The summed E-state index contributed by atoms with van der Waals surface area (Å²) in [6, 6.07) is 0. The first-order valence-corrected chi connectivity index (χ1v) is 4.20. The van der Waals surface area contributed by atoms with Gasteiger partial charge in [0.2, 0.25) is 5.76 Å². The molecule has 0 aliphatic carbocycles. The Balaban J connectivity index is 4.49. The van der Waals surface area contributed by atoms with Crippen LogP contribution >= 0.6 is 31.9 Å². The van der Waals surface area contributed by atoms with Crippen molar-refractivity contribution >= 4 is 31.9 Å². The van der Waals surface area contributed by atoms with E-state index in [4.69, 9.17) is 15.3 Å². The van der Waals surface area contributed by atoms with Gasteiger partial charge < -0.3 is 15.3 Å². The number of rotatable bonds is 2. The normalized spacial score (nSPS) is 11.1. The zero-order valence-corrected chi connectivity index (χ0v) is 8.48. The summed E-state index contributed by atoms with van der Waals surface area (Å²) in [6.07, 6.45) is 0.490. The molecule has 0 heterocycles. The largest absolute Gasteiger partial charge is 0.504 e. The lowest BCUT2D eigenvalue weighted by Crippen LogP contribution is -2.15. The molecule has 0 amide bonds. The predicted octanol–water partition coefficient (Wildman–Crippen LogP) is 2.73. The lowest BCUT2D eigenvalue weighted by Gasteiger charge is -2.15. The molecule has 0 radical (unpaired) electrons. The first-order valence-electron chi connectivity index (χ1n) is 2.61. The fourth-order valence-corrected chi connectivity index (χ4v) is 0.686. The van der Waals surface area contributed by atoms with Crippen LogP contribution in [0.2, 0.25) is 0 Å². The third-order valence-corrected chi connectivity index (χ3v) is 2.87. The van der Waals surface area contributed by atoms with Gasteiger partial charge in [0.1, 0.15) is 3.23 Å². The minimum absolute atomic E-state index is 0.490. The van der Waals surface area contributed by atoms with Gasteiger partial charge in [0, 0.05) is 0 Å². The van der Waals surface area contributed by atoms with Gasteiger partial charge in [0.25, 0.3) is 0 Å². The average molecular weight is 276 g/mol. The molecule has 0 aromatic rings. The van der Waals surface area contributed by atoms with E-state index in [1.165, 1.54) is 0 Å². The number of allylic oxidation sites excluding steroid dienone is 1. The first kappa shape index (κ1) is 10.1. The molecule has 0 bridgehead atoms. The highest BCUT2D eigenvalue weighted by Gasteiger charge is 2.29. The molecule has 0 spiro atoms. The monoisotopic (exact) mass is 274 g/mol. The van der Waals surface area contributed by atoms with Gasteiger partial charge in [-0.3, -0.25) is 0 Å². The molecule has 3 nitrogen and oxygen atoms in total. The number of aliphatic hydroxyl groups is 3. The number of hydrogen-bond acceptors (Lipinski definition) is 3. The lowest BCUT2D eigenvalue weighted by molar-refractivity contribution is 0.154. The van der Waals surface area contributed by atoms with Gasteiger partial charge in [-0.25, -0.2) is 0 Å². The molecule has 0 fully saturated rings. The van der Waals surface area contributed by atoms with Crippen LogP contribution in [0.1, 0.15) is 13.3 Å². The second-order valence-electron chi connectivity index (χ2n) is 1.73. The van der Waals surface area contributed by atoms with E-state index in [-0.39, 0.29) is 0 Å². The summed E-state index contributed by atoms with van der Waals surface area (Å²) in [7, 11) is 0. The minimum Gasteiger partial charge on any atom is -0.504 e. The Labute approximate surface area is 75.6 Å². The first-order chi connectivity index (χ1) is 4.41. The van der Waals surface area contributed by atoms with Crippen LogP contribution in [0.4, 0.5) is 0 Å². The van der Waals surface area contributed by atoms with Crippen molar-refractivity contribution < 1.29 is 15.3 Å². The van der Waals surface area contributed by atoms with Gasteiger partial charge in [-0.15, -0.1) is 0 Å². The van der Waals surface area contributed by atoms with E-state index in [1.54, 1.807) is 6.92 Å². The molecule has 10 heavy (non-hydrogen) atoms. The maximum absolute atomic E-state index is 8.94. The van der Waals surface area contributed by atoms with Crippen LogP contribution in [0.15, 0.2) is 11.7 Å². The van der Waals surface area contributed by atoms with E-state index in [1.807, 2.05) is 0 Å². The van der Waals surface area contributed by atoms with Crippen LogP contribution < -0.4 is 0 Å². The summed E-state index contributed by atoms with van der Waals surface area (Å²) in [5.41, 5.74) is 0. The fourth-order valence-electron chi connectivity index (χ4n) is 0.331. The topological polar surface area (TPSA) is 60.7 Å². The molecule has 3 N–H and O–H groups in total. The molecule has 0 atom stereocenters. The highest BCUT2D eigenvalue weighted by Crippen LogP contribution is 2.36. The Hall–Kier alpha value is 0.1000. The van der Waals surface area contributed by atoms with Crippen LogP contribution in [-0.2, 0) is 0 Å². The molecule has 0 aliphatic heterocycles. The van der Waals surface area contributed by atoms with Crippen molar-refractivity contribution in [2.45, 2.75) is 16.6 Å². The molecule has 0 rings (SSSR count). The van der Waals surface area contributed by atoms with E-state index in [0.29, 0.717) is 6.42 Å². The molecule has 0 unspecified atom stereocenters. The van der Waals surface area contributed by atoms with E-state index in [9.17, 15) is 0 Å². The third-order valence-electron chi connectivity index (χ3n) is 1.00. The number of alkyl halides is 2. The van der Waals surface area contributed by atoms with Crippen LogP contribution in [0, 0.1) is 0 Å². The Bertz CT molecular complexity index is 149. The van der Waals surface area contributed by atoms with Crippen molar-refractivity contribution in [3.63, 3.8) is 0 Å². The molecule has 0 saturated carbocycles. The summed E-state index contributed by atoms with van der Waals surface area (Å²) >= 11 is 6.07. The molecule has 60 valence electrons. The smallest absolute Gasteiger partial charge is 0.316 e. The molecule has 0 aromatic heterocycles. The van der Waals surface area contributed by atoms with E-state index in [2.05, 4.69) is 31.9 Å². The molecule has 0 aliphatic rings. The van der Waals surface area contributed by atoms with Crippen molar-refractivity contribution in [2.24, 2.45) is 0 Å². The number of halogens is 2. The van der Waals surface area contributed by atoms with Gasteiger partial charge >= 0.3 is 5.95 Å². The highest BCUT2D eigenvalue weighted by molar-refractivity contribution is 9.25. The summed E-state index contributed by atoms with van der Waals surface area (Å²) in [5, 5.41) is 25.8. The van der Waals surface area contributed by atoms with Gasteiger partial charge in [-0.1, -0.05) is 38.8 Å². The second kappa shape index (κ2) is 3.48. The zero-order valence-electron chi connectivity index (χ0n) is 5.30. The van der Waals surface area contributed by atoms with Crippen molar-refractivity contribution in [1.82, 2.24) is 0 Å². The summed E-state index contributed by atoms with van der Waals surface area (Å²) in [4.78, 5) is 0. The zero-order chi connectivity index (χ0) is 8.36. The van der Waals surface area contributed by atoms with Gasteiger partial charge in [0.05, 0.1) is 0 Å². The van der Waals surface area contributed by atoms with E-state index in [0.717, 1.165) is 0 Å². The average Bonchev–Trinajstić information content (AvgIpc) is 1.86. The summed E-state index contributed by atoms with van der Waals surface area (Å²) < 4.78 is -0.918. The van der Waals surface area contributed by atoms with Crippen LogP contribution in [0.3, 0.4) is 0 Å². The van der Waals surface area contributed by atoms with Crippen LogP contribution in [-0.4, -0.2) is 18.6 Å². The highest BCUT2D eigenvalue weighted by atomic mass is 79.9. The molecular formula is C5H8Br2O3. The Morgan fingerprint density at radius 1 is 1.30 bits per heavy atom. The predicted molar refractivity (Wildman–Crippen MR) is 45.8 cm³/mol. The maximum Gasteiger partial charge on any atom is 0.316 e.